The molecule has 1 aromatic rings. The van der Waals surface area contributed by atoms with Gasteiger partial charge in [0, 0.05) is 19.3 Å². The molecule has 19 heavy (non-hydrogen) atoms. The summed E-state index contributed by atoms with van der Waals surface area (Å²) in [6.07, 6.45) is 8.06. The van der Waals surface area contributed by atoms with Crippen LogP contribution in [0.3, 0.4) is 0 Å². The lowest BCUT2D eigenvalue weighted by Gasteiger charge is -2.04. The number of hydrogen-bond donors (Lipinski definition) is 0. The van der Waals surface area contributed by atoms with Gasteiger partial charge in [-0.2, -0.15) is 0 Å². The molecule has 2 nitrogen and oxygen atoms in total. The van der Waals surface area contributed by atoms with Crippen LogP contribution in [0.2, 0.25) is 0 Å². The smallest absolute Gasteiger partial charge is 0.133 e. The third-order valence-electron chi connectivity index (χ3n) is 3.76. The third-order valence-corrected chi connectivity index (χ3v) is 3.76. The molecule has 0 saturated carbocycles. The quantitative estimate of drug-likeness (QED) is 0.658. The number of fused-ring (bicyclic) bond motifs is 1. The number of carbonyl (C=O) groups is 1. The van der Waals surface area contributed by atoms with Crippen molar-refractivity contribution in [2.45, 2.75) is 58.3 Å². The van der Waals surface area contributed by atoms with Gasteiger partial charge in [-0.1, -0.05) is 38.3 Å². The average molecular weight is 260 g/mol. The molecule has 104 valence electrons. The maximum Gasteiger partial charge on any atom is 0.133 e. The molecule has 0 saturated heterocycles. The summed E-state index contributed by atoms with van der Waals surface area (Å²) in [6, 6.07) is 6.34. The number of Topliss-reactive ketones (excluding diaryl/α,β-unsaturated/α-hetero) is 1. The molecule has 0 aromatic heterocycles. The van der Waals surface area contributed by atoms with E-state index in [2.05, 4.69) is 19.1 Å². The number of hydrogen-bond acceptors (Lipinski definition) is 2. The van der Waals surface area contributed by atoms with Crippen molar-refractivity contribution in [3.05, 3.63) is 29.3 Å². The molecule has 0 N–H and O–H groups in total. The highest BCUT2D eigenvalue weighted by Gasteiger charge is 2.12. The first-order chi connectivity index (χ1) is 9.29. The van der Waals surface area contributed by atoms with Gasteiger partial charge in [-0.05, 0) is 30.0 Å². The van der Waals surface area contributed by atoms with Gasteiger partial charge in [0.2, 0.25) is 0 Å². The van der Waals surface area contributed by atoms with Crippen LogP contribution in [-0.4, -0.2) is 12.4 Å². The minimum atomic E-state index is 0.410. The fraction of sp³-hybridized carbons (Fsp3) is 0.588. The number of ether oxygens (including phenoxy) is 1. The first-order valence-electron chi connectivity index (χ1n) is 7.56. The Hall–Kier alpha value is -1.31. The second-order valence-electron chi connectivity index (χ2n) is 5.39. The Balaban J connectivity index is 1.71. The molecule has 0 fully saturated rings. The van der Waals surface area contributed by atoms with Crippen molar-refractivity contribution in [1.29, 1.82) is 0 Å². The summed E-state index contributed by atoms with van der Waals surface area (Å²) >= 11 is 0. The Morgan fingerprint density at radius 2 is 2.11 bits per heavy atom. The first-order valence-corrected chi connectivity index (χ1v) is 7.56. The van der Waals surface area contributed by atoms with Crippen LogP contribution in [0.15, 0.2) is 18.2 Å². The van der Waals surface area contributed by atoms with E-state index in [0.717, 1.165) is 38.0 Å². The van der Waals surface area contributed by atoms with E-state index in [0.29, 0.717) is 12.2 Å². The zero-order chi connectivity index (χ0) is 13.5. The van der Waals surface area contributed by atoms with Crippen molar-refractivity contribution in [3.8, 4) is 5.75 Å². The summed E-state index contributed by atoms with van der Waals surface area (Å²) in [6.45, 7) is 2.99. The molecule has 0 aliphatic carbocycles. The summed E-state index contributed by atoms with van der Waals surface area (Å²) in [5.74, 6) is 1.43. The number of ketones is 1. The van der Waals surface area contributed by atoms with Gasteiger partial charge in [-0.3, -0.25) is 4.79 Å². The lowest BCUT2D eigenvalue weighted by Crippen LogP contribution is -2.00. The molecule has 0 spiro atoms. The van der Waals surface area contributed by atoms with E-state index in [-0.39, 0.29) is 0 Å². The normalized spacial score (nSPS) is 13.1. The molecule has 1 aromatic carbocycles. The van der Waals surface area contributed by atoms with E-state index in [4.69, 9.17) is 4.74 Å². The Kier molecular flexibility index (Phi) is 5.44. The van der Waals surface area contributed by atoms with Crippen LogP contribution in [0.4, 0.5) is 0 Å². The maximum atomic E-state index is 11.8. The summed E-state index contributed by atoms with van der Waals surface area (Å²) in [7, 11) is 0. The van der Waals surface area contributed by atoms with E-state index < -0.39 is 0 Å². The van der Waals surface area contributed by atoms with E-state index in [1.165, 1.54) is 30.4 Å². The van der Waals surface area contributed by atoms with Gasteiger partial charge in [-0.25, -0.2) is 0 Å². The van der Waals surface area contributed by atoms with Crippen LogP contribution in [0.1, 0.15) is 56.6 Å². The van der Waals surface area contributed by atoms with Gasteiger partial charge in [0.05, 0.1) is 6.61 Å². The SMILES string of the molecule is CCCCCCC(=O)CCc1ccc2c(c1)CCO2. The summed E-state index contributed by atoms with van der Waals surface area (Å²) in [4.78, 5) is 11.8. The molecule has 0 bridgehead atoms. The predicted octanol–water partition coefficient (Wildman–Crippen LogP) is 4.09. The zero-order valence-electron chi connectivity index (χ0n) is 11.9. The van der Waals surface area contributed by atoms with Gasteiger partial charge in [0.15, 0.2) is 0 Å². The molecule has 0 atom stereocenters. The van der Waals surface area contributed by atoms with E-state index in [1.807, 2.05) is 6.07 Å². The molecule has 1 aliphatic rings. The van der Waals surface area contributed by atoms with E-state index in [1.54, 1.807) is 0 Å². The number of benzene rings is 1. The number of aryl methyl sites for hydroxylation is 1. The van der Waals surface area contributed by atoms with E-state index in [9.17, 15) is 4.79 Å². The molecule has 0 radical (unpaired) electrons. The van der Waals surface area contributed by atoms with Crippen LogP contribution >= 0.6 is 0 Å². The van der Waals surface area contributed by atoms with Crippen LogP contribution in [0.25, 0.3) is 0 Å². The maximum absolute atomic E-state index is 11.8. The lowest BCUT2D eigenvalue weighted by atomic mass is 10.0. The Morgan fingerprint density at radius 1 is 1.21 bits per heavy atom. The molecular formula is C17H24O2. The Bertz CT molecular complexity index is 423. The number of unbranched alkanes of at least 4 members (excludes halogenated alkanes) is 3. The zero-order valence-corrected chi connectivity index (χ0v) is 11.9. The highest BCUT2D eigenvalue weighted by molar-refractivity contribution is 5.78. The fourth-order valence-corrected chi connectivity index (χ4v) is 2.55. The Labute approximate surface area is 116 Å². The van der Waals surface area contributed by atoms with Crippen molar-refractivity contribution in [2.24, 2.45) is 0 Å². The van der Waals surface area contributed by atoms with Crippen LogP contribution in [-0.2, 0) is 17.6 Å². The molecular weight excluding hydrogens is 236 g/mol. The van der Waals surface area contributed by atoms with Crippen LogP contribution in [0.5, 0.6) is 5.75 Å². The van der Waals surface area contributed by atoms with Crippen molar-refractivity contribution >= 4 is 5.78 Å². The molecule has 1 aliphatic heterocycles. The highest BCUT2D eigenvalue weighted by atomic mass is 16.5. The van der Waals surface area contributed by atoms with Gasteiger partial charge >= 0.3 is 0 Å². The minimum absolute atomic E-state index is 0.410. The van der Waals surface area contributed by atoms with Gasteiger partial charge in [-0.15, -0.1) is 0 Å². The second kappa shape index (κ2) is 7.32. The van der Waals surface area contributed by atoms with Gasteiger partial charge in [0.25, 0.3) is 0 Å². The van der Waals surface area contributed by atoms with Gasteiger partial charge in [0.1, 0.15) is 11.5 Å². The molecule has 0 unspecified atom stereocenters. The number of rotatable bonds is 8. The highest BCUT2D eigenvalue weighted by Crippen LogP contribution is 2.26. The summed E-state index contributed by atoms with van der Waals surface area (Å²) in [5.41, 5.74) is 2.57. The van der Waals surface area contributed by atoms with Gasteiger partial charge < -0.3 is 4.74 Å². The minimum Gasteiger partial charge on any atom is -0.493 e. The van der Waals surface area contributed by atoms with Crippen molar-refractivity contribution in [3.63, 3.8) is 0 Å². The average Bonchev–Trinajstić information content (AvgIpc) is 2.89. The summed E-state index contributed by atoms with van der Waals surface area (Å²) in [5, 5.41) is 0. The lowest BCUT2D eigenvalue weighted by molar-refractivity contribution is -0.119. The predicted molar refractivity (Wildman–Crippen MR) is 77.7 cm³/mol. The Morgan fingerprint density at radius 3 is 2.95 bits per heavy atom. The standard InChI is InChI=1S/C17H24O2/c1-2-3-4-5-6-16(18)9-7-14-8-10-17-15(13-14)11-12-19-17/h8,10,13H,2-7,9,11-12H2,1H3. The topological polar surface area (TPSA) is 26.3 Å². The van der Waals surface area contributed by atoms with Crippen molar-refractivity contribution in [1.82, 2.24) is 0 Å². The summed E-state index contributed by atoms with van der Waals surface area (Å²) < 4.78 is 5.49. The van der Waals surface area contributed by atoms with Crippen LogP contribution < -0.4 is 4.74 Å². The van der Waals surface area contributed by atoms with Crippen LogP contribution in [0, 0.1) is 0 Å². The van der Waals surface area contributed by atoms with E-state index >= 15 is 0 Å². The third kappa shape index (κ3) is 4.38. The monoisotopic (exact) mass is 260 g/mol. The molecule has 2 heteroatoms. The largest absolute Gasteiger partial charge is 0.493 e. The number of carbonyl (C=O) groups excluding carboxylic acids is 1. The first kappa shape index (κ1) is 14.1. The molecule has 1 heterocycles. The van der Waals surface area contributed by atoms with Crippen molar-refractivity contribution in [2.75, 3.05) is 6.61 Å². The molecule has 2 rings (SSSR count). The van der Waals surface area contributed by atoms with Crippen molar-refractivity contribution < 1.29 is 9.53 Å². The molecule has 0 amide bonds. The second-order valence-corrected chi connectivity index (χ2v) is 5.39. The fourth-order valence-electron chi connectivity index (χ4n) is 2.55.